The van der Waals surface area contributed by atoms with Gasteiger partial charge in [0.1, 0.15) is 0 Å². The lowest BCUT2D eigenvalue weighted by atomic mass is 9.59. The van der Waals surface area contributed by atoms with E-state index in [4.69, 9.17) is 32.9 Å². The van der Waals surface area contributed by atoms with Crippen molar-refractivity contribution in [3.8, 4) is 0 Å². The molecule has 0 amide bonds. The van der Waals surface area contributed by atoms with Gasteiger partial charge >= 0.3 is 0 Å². The Labute approximate surface area is 269 Å². The molecule has 0 aromatic heterocycles. The molecule has 3 aromatic carbocycles. The largest absolute Gasteiger partial charge is 0.381 e. The van der Waals surface area contributed by atoms with E-state index in [1.807, 2.05) is 43.5 Å². The fraction of sp³-hybridized carbons (Fsp3) is 0.459. The predicted molar refractivity (Wildman–Crippen MR) is 178 cm³/mol. The number of halogens is 2. The van der Waals surface area contributed by atoms with Crippen molar-refractivity contribution >= 4 is 45.8 Å². The molecule has 2 saturated carbocycles. The molecule has 2 unspecified atom stereocenters. The molecule has 6 heteroatoms. The van der Waals surface area contributed by atoms with Gasteiger partial charge in [0.2, 0.25) is 0 Å². The van der Waals surface area contributed by atoms with Gasteiger partial charge in [-0.1, -0.05) is 90.6 Å². The molecule has 1 heterocycles. The SMILES string of the molecule is COC1CCC2(CC1)Cc1ccc(CCC3CC3)cc1C21N=C(SCc2ccccc2Cl)C(Cc2ccccc2Cl)C1=O. The van der Waals surface area contributed by atoms with Gasteiger partial charge in [0.25, 0.3) is 0 Å². The minimum atomic E-state index is -0.870. The van der Waals surface area contributed by atoms with Crippen LogP contribution < -0.4 is 0 Å². The van der Waals surface area contributed by atoms with Crippen molar-refractivity contribution in [3.05, 3.63) is 105 Å². The summed E-state index contributed by atoms with van der Waals surface area (Å²) in [7, 11) is 1.82. The number of methoxy groups -OCH3 is 1. The summed E-state index contributed by atoms with van der Waals surface area (Å²) >= 11 is 15.0. The summed E-state index contributed by atoms with van der Waals surface area (Å²) in [6, 6.07) is 22.9. The van der Waals surface area contributed by atoms with Gasteiger partial charge in [-0.25, -0.2) is 0 Å². The summed E-state index contributed by atoms with van der Waals surface area (Å²) in [5.74, 6) is 1.46. The second-order valence-corrected chi connectivity index (χ2v) is 14.9. The highest BCUT2D eigenvalue weighted by Gasteiger charge is 2.66. The van der Waals surface area contributed by atoms with Gasteiger partial charge in [0.15, 0.2) is 11.3 Å². The summed E-state index contributed by atoms with van der Waals surface area (Å²) in [4.78, 5) is 21.0. The fourth-order valence-corrected chi connectivity index (χ4v) is 9.59. The summed E-state index contributed by atoms with van der Waals surface area (Å²) < 4.78 is 5.81. The third-order valence-electron chi connectivity index (χ3n) is 10.6. The number of ketones is 1. The highest BCUT2D eigenvalue weighted by atomic mass is 35.5. The standard InChI is InChI=1S/C37H39Cl2NO2S/c1-42-29-16-18-36(19-17-29)22-27-15-14-25(13-12-24-10-11-24)20-31(27)37(36)34(41)30(21-26-6-2-4-8-32(26)38)35(40-37)43-23-28-7-3-5-9-33(28)39/h2-9,14-15,20,24,29-30H,10-13,16-19,21-23H2,1H3. The lowest BCUT2D eigenvalue weighted by molar-refractivity contribution is -0.131. The number of Topliss-reactive ketones (excluding diaryl/α,β-unsaturated/α-hetero) is 1. The van der Waals surface area contributed by atoms with Gasteiger partial charge in [-0.3, -0.25) is 9.79 Å². The molecule has 3 aliphatic carbocycles. The van der Waals surface area contributed by atoms with E-state index in [0.717, 1.165) is 65.6 Å². The van der Waals surface area contributed by atoms with Crippen molar-refractivity contribution in [1.29, 1.82) is 0 Å². The number of benzene rings is 3. The van der Waals surface area contributed by atoms with Crippen molar-refractivity contribution in [2.45, 2.75) is 81.6 Å². The first-order chi connectivity index (χ1) is 20.9. The van der Waals surface area contributed by atoms with Crippen LogP contribution in [0.1, 0.15) is 72.8 Å². The number of ether oxygens (including phenoxy) is 1. The molecule has 3 nitrogen and oxygen atoms in total. The number of rotatable bonds is 8. The Balaban J connectivity index is 1.33. The van der Waals surface area contributed by atoms with E-state index in [1.165, 1.54) is 36.0 Å². The summed E-state index contributed by atoms with van der Waals surface area (Å²) in [5.41, 5.74) is 4.77. The summed E-state index contributed by atoms with van der Waals surface area (Å²) in [6.45, 7) is 0. The van der Waals surface area contributed by atoms with E-state index < -0.39 is 5.54 Å². The first-order valence-corrected chi connectivity index (χ1v) is 17.6. The third kappa shape index (κ3) is 5.41. The average molecular weight is 633 g/mol. The number of carbonyl (C=O) groups is 1. The number of carbonyl (C=O) groups excluding carboxylic acids is 1. The topological polar surface area (TPSA) is 38.7 Å². The highest BCUT2D eigenvalue weighted by Crippen LogP contribution is 2.63. The molecular weight excluding hydrogens is 593 g/mol. The zero-order chi connectivity index (χ0) is 29.6. The fourth-order valence-electron chi connectivity index (χ4n) is 7.94. The molecule has 0 radical (unpaired) electrons. The van der Waals surface area contributed by atoms with Crippen molar-refractivity contribution in [2.24, 2.45) is 22.2 Å². The van der Waals surface area contributed by atoms with Crippen LogP contribution in [0, 0.1) is 17.3 Å². The van der Waals surface area contributed by atoms with E-state index in [2.05, 4.69) is 30.3 Å². The Kier molecular flexibility index (Phi) is 8.26. The zero-order valence-corrected chi connectivity index (χ0v) is 27.1. The number of aryl methyl sites for hydroxylation is 1. The van der Waals surface area contributed by atoms with Crippen LogP contribution in [0.2, 0.25) is 10.0 Å². The van der Waals surface area contributed by atoms with Gasteiger partial charge < -0.3 is 4.74 Å². The first-order valence-electron chi connectivity index (χ1n) is 15.8. The van der Waals surface area contributed by atoms with Crippen molar-refractivity contribution < 1.29 is 9.53 Å². The third-order valence-corrected chi connectivity index (χ3v) is 12.5. The molecule has 0 N–H and O–H groups in total. The second kappa shape index (κ2) is 12.0. The predicted octanol–water partition coefficient (Wildman–Crippen LogP) is 9.44. The number of hydrogen-bond acceptors (Lipinski definition) is 4. The molecule has 7 rings (SSSR count). The molecule has 0 bridgehead atoms. The van der Waals surface area contributed by atoms with Crippen LogP contribution in [0.25, 0.3) is 0 Å². The Morgan fingerprint density at radius 1 is 0.930 bits per heavy atom. The Bertz CT molecular complexity index is 1560. The summed E-state index contributed by atoms with van der Waals surface area (Å²) in [6.07, 6.45) is 10.5. The Morgan fingerprint density at radius 2 is 1.63 bits per heavy atom. The quantitative estimate of drug-likeness (QED) is 0.248. The lowest BCUT2D eigenvalue weighted by Crippen LogP contribution is -2.49. The van der Waals surface area contributed by atoms with Crippen LogP contribution in [-0.4, -0.2) is 24.0 Å². The van der Waals surface area contributed by atoms with E-state index in [1.54, 1.807) is 11.8 Å². The van der Waals surface area contributed by atoms with Crippen LogP contribution in [0.4, 0.5) is 0 Å². The maximum Gasteiger partial charge on any atom is 0.175 e. The average Bonchev–Trinajstić information content (AvgIpc) is 3.77. The van der Waals surface area contributed by atoms with E-state index in [9.17, 15) is 0 Å². The van der Waals surface area contributed by atoms with Gasteiger partial charge in [-0.15, -0.1) is 11.8 Å². The van der Waals surface area contributed by atoms with Crippen molar-refractivity contribution in [1.82, 2.24) is 0 Å². The molecule has 2 atom stereocenters. The minimum absolute atomic E-state index is 0.234. The van der Waals surface area contributed by atoms with Crippen LogP contribution in [0.5, 0.6) is 0 Å². The molecule has 43 heavy (non-hydrogen) atoms. The van der Waals surface area contributed by atoms with Gasteiger partial charge in [0, 0.05) is 28.3 Å². The number of fused-ring (bicyclic) bond motifs is 3. The molecule has 1 aliphatic heterocycles. The molecule has 2 spiro atoms. The van der Waals surface area contributed by atoms with Crippen molar-refractivity contribution in [3.63, 3.8) is 0 Å². The van der Waals surface area contributed by atoms with Crippen LogP contribution in [-0.2, 0) is 40.1 Å². The molecule has 224 valence electrons. The second-order valence-electron chi connectivity index (χ2n) is 13.1. The lowest BCUT2D eigenvalue weighted by Gasteiger charge is -2.45. The first kappa shape index (κ1) is 29.6. The number of thioether (sulfide) groups is 1. The smallest absolute Gasteiger partial charge is 0.175 e. The van der Waals surface area contributed by atoms with E-state index in [0.29, 0.717) is 17.2 Å². The summed E-state index contributed by atoms with van der Waals surface area (Å²) in [5, 5.41) is 2.38. The van der Waals surface area contributed by atoms with Crippen molar-refractivity contribution in [2.75, 3.05) is 7.11 Å². The Morgan fingerprint density at radius 3 is 2.30 bits per heavy atom. The van der Waals surface area contributed by atoms with Crippen LogP contribution in [0.15, 0.2) is 71.7 Å². The van der Waals surface area contributed by atoms with E-state index in [-0.39, 0.29) is 23.2 Å². The van der Waals surface area contributed by atoms with Gasteiger partial charge in [-0.2, -0.15) is 0 Å². The molecular formula is C37H39Cl2NO2S. The maximum absolute atomic E-state index is 15.3. The molecule has 0 saturated heterocycles. The normalized spacial score (nSPS) is 28.1. The zero-order valence-electron chi connectivity index (χ0n) is 24.8. The van der Waals surface area contributed by atoms with Crippen LogP contribution in [0.3, 0.4) is 0 Å². The minimum Gasteiger partial charge on any atom is -0.381 e. The maximum atomic E-state index is 15.3. The molecule has 3 aromatic rings. The number of aliphatic imine (C=N–C) groups is 1. The monoisotopic (exact) mass is 631 g/mol. The van der Waals surface area contributed by atoms with Gasteiger partial charge in [-0.05, 0) is 97.2 Å². The van der Waals surface area contributed by atoms with Gasteiger partial charge in [0.05, 0.1) is 17.1 Å². The Hall–Kier alpha value is -2.11. The number of nitrogens with zero attached hydrogens (tertiary/aromatic N) is 1. The number of hydrogen-bond donors (Lipinski definition) is 0. The van der Waals surface area contributed by atoms with E-state index >= 15 is 4.79 Å². The highest BCUT2D eigenvalue weighted by molar-refractivity contribution is 8.13. The molecule has 2 fully saturated rings. The molecule has 4 aliphatic rings. The van der Waals surface area contributed by atoms with Crippen LogP contribution >= 0.6 is 35.0 Å².